The molecule has 0 fully saturated rings. The molecule has 0 spiro atoms. The van der Waals surface area contributed by atoms with Crippen LogP contribution in [-0.2, 0) is 14.8 Å². The highest BCUT2D eigenvalue weighted by atomic mass is 32.2. The van der Waals surface area contributed by atoms with Crippen molar-refractivity contribution in [3.8, 4) is 0 Å². The van der Waals surface area contributed by atoms with Gasteiger partial charge in [-0.3, -0.25) is 4.79 Å². The van der Waals surface area contributed by atoms with Gasteiger partial charge in [0.15, 0.2) is 0 Å². The maximum Gasteiger partial charge on any atom is 0.265 e. The second kappa shape index (κ2) is 9.32. The van der Waals surface area contributed by atoms with Gasteiger partial charge in [0, 0.05) is 6.20 Å². The molecule has 0 unspecified atom stereocenters. The van der Waals surface area contributed by atoms with E-state index in [2.05, 4.69) is 15.5 Å². The van der Waals surface area contributed by atoms with Gasteiger partial charge in [-0.05, 0) is 43.7 Å². The van der Waals surface area contributed by atoms with Crippen LogP contribution in [0.25, 0.3) is 0 Å². The first-order valence-corrected chi connectivity index (χ1v) is 10.7. The van der Waals surface area contributed by atoms with Gasteiger partial charge in [0.1, 0.15) is 12.4 Å². The molecular formula is C22H22N4O3S. The van der Waals surface area contributed by atoms with Crippen LogP contribution in [0.2, 0.25) is 0 Å². The van der Waals surface area contributed by atoms with Crippen LogP contribution in [0.4, 0.5) is 5.82 Å². The van der Waals surface area contributed by atoms with Crippen LogP contribution >= 0.6 is 0 Å². The van der Waals surface area contributed by atoms with Gasteiger partial charge < -0.3 is 0 Å². The fourth-order valence-electron chi connectivity index (χ4n) is 2.68. The van der Waals surface area contributed by atoms with Crippen molar-refractivity contribution < 1.29 is 13.2 Å². The molecule has 0 aliphatic carbocycles. The van der Waals surface area contributed by atoms with Gasteiger partial charge in [-0.25, -0.2) is 23.1 Å². The molecule has 0 aliphatic heterocycles. The van der Waals surface area contributed by atoms with Crippen LogP contribution in [-0.4, -0.2) is 31.6 Å². The number of aryl methyl sites for hydroxylation is 1. The summed E-state index contributed by atoms with van der Waals surface area (Å²) in [7, 11) is -3.98. The Bertz CT molecular complexity index is 1130. The molecule has 0 saturated heterocycles. The number of anilines is 1. The molecule has 3 rings (SSSR count). The standard InChI is InChI=1S/C22H22N4O3S/c1-17-11-13-19(14-12-17)18(2)24-25-22(27)16-26(21-10-6-7-15-23-21)30(28,29)20-8-4-3-5-9-20/h3-15H,16H2,1-2H3,(H,25,27)/b24-18-. The number of hydrazone groups is 1. The van der Waals surface area contributed by atoms with Crippen molar-refractivity contribution in [1.29, 1.82) is 0 Å². The van der Waals surface area contributed by atoms with Gasteiger partial charge in [-0.1, -0.05) is 54.1 Å². The van der Waals surface area contributed by atoms with Crippen molar-refractivity contribution in [3.63, 3.8) is 0 Å². The average Bonchev–Trinajstić information content (AvgIpc) is 2.77. The van der Waals surface area contributed by atoms with E-state index in [1.807, 2.05) is 31.2 Å². The Morgan fingerprint density at radius 3 is 2.30 bits per heavy atom. The van der Waals surface area contributed by atoms with Crippen LogP contribution in [0, 0.1) is 6.92 Å². The number of nitrogens with zero attached hydrogens (tertiary/aromatic N) is 3. The first-order valence-electron chi connectivity index (χ1n) is 9.27. The van der Waals surface area contributed by atoms with Crippen molar-refractivity contribution >= 4 is 27.5 Å². The van der Waals surface area contributed by atoms with E-state index >= 15 is 0 Å². The summed E-state index contributed by atoms with van der Waals surface area (Å²) >= 11 is 0. The van der Waals surface area contributed by atoms with Crippen molar-refractivity contribution in [1.82, 2.24) is 10.4 Å². The average molecular weight is 423 g/mol. The molecule has 2 aromatic carbocycles. The quantitative estimate of drug-likeness (QED) is 0.468. The molecule has 154 valence electrons. The third kappa shape index (κ3) is 5.09. The Morgan fingerprint density at radius 2 is 1.67 bits per heavy atom. The lowest BCUT2D eigenvalue weighted by molar-refractivity contribution is -0.119. The summed E-state index contributed by atoms with van der Waals surface area (Å²) in [4.78, 5) is 16.7. The number of nitrogens with one attached hydrogen (secondary N) is 1. The van der Waals surface area contributed by atoms with Gasteiger partial charge in [-0.15, -0.1) is 0 Å². The highest BCUT2D eigenvalue weighted by Gasteiger charge is 2.27. The molecular weight excluding hydrogens is 400 g/mol. The van der Waals surface area contributed by atoms with E-state index in [1.165, 1.54) is 24.4 Å². The second-order valence-corrected chi connectivity index (χ2v) is 8.47. The van der Waals surface area contributed by atoms with E-state index in [0.29, 0.717) is 5.71 Å². The molecule has 1 aromatic heterocycles. The molecule has 30 heavy (non-hydrogen) atoms. The van der Waals surface area contributed by atoms with Crippen molar-refractivity contribution in [2.45, 2.75) is 18.7 Å². The number of sulfonamides is 1. The number of benzene rings is 2. The van der Waals surface area contributed by atoms with Crippen LogP contribution < -0.4 is 9.73 Å². The number of pyridine rings is 1. The number of amides is 1. The summed E-state index contributed by atoms with van der Waals surface area (Å²) in [6.07, 6.45) is 1.47. The topological polar surface area (TPSA) is 91.7 Å². The van der Waals surface area contributed by atoms with Gasteiger partial charge in [0.05, 0.1) is 10.6 Å². The van der Waals surface area contributed by atoms with Crippen LogP contribution in [0.1, 0.15) is 18.1 Å². The minimum absolute atomic E-state index is 0.0720. The van der Waals surface area contributed by atoms with Crippen molar-refractivity contribution in [2.24, 2.45) is 5.10 Å². The number of rotatable bonds is 7. The second-order valence-electron chi connectivity index (χ2n) is 6.61. The monoisotopic (exact) mass is 422 g/mol. The van der Waals surface area contributed by atoms with Crippen molar-refractivity contribution in [3.05, 3.63) is 90.1 Å². The largest absolute Gasteiger partial charge is 0.271 e. The van der Waals surface area contributed by atoms with E-state index < -0.39 is 22.5 Å². The molecule has 0 bridgehead atoms. The third-order valence-electron chi connectivity index (χ3n) is 4.34. The number of hydrogen-bond donors (Lipinski definition) is 1. The lowest BCUT2D eigenvalue weighted by Gasteiger charge is -2.22. The SMILES string of the molecule is C/C(=N/NC(=O)CN(c1ccccn1)S(=O)(=O)c1ccccc1)c1ccc(C)cc1. The Balaban J connectivity index is 1.82. The molecule has 1 amide bonds. The van der Waals surface area contributed by atoms with Gasteiger partial charge in [0.25, 0.3) is 15.9 Å². The lowest BCUT2D eigenvalue weighted by Crippen LogP contribution is -2.40. The molecule has 0 saturated carbocycles. The summed E-state index contributed by atoms with van der Waals surface area (Å²) in [6.45, 7) is 3.29. The van der Waals surface area contributed by atoms with E-state index in [0.717, 1.165) is 15.4 Å². The van der Waals surface area contributed by atoms with E-state index in [-0.39, 0.29) is 10.7 Å². The summed E-state index contributed by atoms with van der Waals surface area (Å²) in [5, 5.41) is 4.10. The number of aromatic nitrogens is 1. The summed E-state index contributed by atoms with van der Waals surface area (Å²) in [5.74, 6) is -0.428. The molecule has 0 atom stereocenters. The zero-order chi connectivity index (χ0) is 21.6. The van der Waals surface area contributed by atoms with E-state index in [1.54, 1.807) is 37.3 Å². The normalized spacial score (nSPS) is 11.7. The molecule has 1 heterocycles. The highest BCUT2D eigenvalue weighted by molar-refractivity contribution is 7.92. The molecule has 0 radical (unpaired) electrons. The Kier molecular flexibility index (Phi) is 6.58. The zero-order valence-electron chi connectivity index (χ0n) is 16.7. The van der Waals surface area contributed by atoms with Crippen LogP contribution in [0.5, 0.6) is 0 Å². The minimum atomic E-state index is -3.98. The third-order valence-corrected chi connectivity index (χ3v) is 6.11. The van der Waals surface area contributed by atoms with Crippen molar-refractivity contribution in [2.75, 3.05) is 10.8 Å². The lowest BCUT2D eigenvalue weighted by atomic mass is 10.1. The fourth-order valence-corrected chi connectivity index (χ4v) is 4.08. The number of carbonyl (C=O) groups excluding carboxylic acids is 1. The number of carbonyl (C=O) groups is 1. The molecule has 7 nitrogen and oxygen atoms in total. The maximum absolute atomic E-state index is 13.1. The molecule has 1 N–H and O–H groups in total. The van der Waals surface area contributed by atoms with E-state index in [4.69, 9.17) is 0 Å². The predicted octanol–water partition coefficient (Wildman–Crippen LogP) is 3.13. The van der Waals surface area contributed by atoms with E-state index in [9.17, 15) is 13.2 Å². The smallest absolute Gasteiger partial charge is 0.265 e. The first-order chi connectivity index (χ1) is 14.4. The van der Waals surface area contributed by atoms with Gasteiger partial charge >= 0.3 is 0 Å². The van der Waals surface area contributed by atoms with Crippen LogP contribution in [0.15, 0.2) is 89.0 Å². The fraction of sp³-hybridized carbons (Fsp3) is 0.136. The zero-order valence-corrected chi connectivity index (χ0v) is 17.5. The molecule has 8 heteroatoms. The predicted molar refractivity (Wildman–Crippen MR) is 117 cm³/mol. The summed E-state index contributed by atoms with van der Waals surface area (Å²) < 4.78 is 27.2. The first kappa shape index (κ1) is 21.2. The molecule has 0 aliphatic rings. The Morgan fingerprint density at radius 1 is 1.00 bits per heavy atom. The number of hydrogen-bond acceptors (Lipinski definition) is 5. The van der Waals surface area contributed by atoms with Gasteiger partial charge in [-0.2, -0.15) is 5.10 Å². The Hall–Kier alpha value is -3.52. The molecule has 3 aromatic rings. The van der Waals surface area contributed by atoms with Gasteiger partial charge in [0.2, 0.25) is 0 Å². The maximum atomic E-state index is 13.1. The Labute approximate surface area is 176 Å². The van der Waals surface area contributed by atoms with Crippen LogP contribution in [0.3, 0.4) is 0 Å². The highest BCUT2D eigenvalue weighted by Crippen LogP contribution is 2.21. The summed E-state index contributed by atoms with van der Waals surface area (Å²) in [5.41, 5.74) is 5.02. The summed E-state index contributed by atoms with van der Waals surface area (Å²) in [6, 6.07) is 20.5. The minimum Gasteiger partial charge on any atom is -0.271 e.